The van der Waals surface area contributed by atoms with Crippen LogP contribution in [0.25, 0.3) is 0 Å². The molecule has 5 aliphatic rings. The Bertz CT molecular complexity index is 970. The van der Waals surface area contributed by atoms with E-state index < -0.39 is 29.0 Å². The minimum Gasteiger partial charge on any atom is -0.481 e. The maximum absolute atomic E-state index is 12.8. The molecular formula is C30H46O5. The summed E-state index contributed by atoms with van der Waals surface area (Å²) in [5.74, 6) is -0.517. The average molecular weight is 487 g/mol. The first kappa shape index (κ1) is 25.4. The molecule has 10 atom stereocenters. The van der Waals surface area contributed by atoms with Gasteiger partial charge in [-0.3, -0.25) is 4.79 Å². The van der Waals surface area contributed by atoms with E-state index in [1.165, 1.54) is 5.57 Å². The first-order chi connectivity index (χ1) is 16.1. The molecule has 4 fully saturated rings. The Kier molecular flexibility index (Phi) is 5.40. The molecule has 0 aromatic rings. The number of fused-ring (bicyclic) bond motifs is 7. The molecule has 5 aliphatic carbocycles. The van der Waals surface area contributed by atoms with Crippen LogP contribution in [0, 0.1) is 50.2 Å². The molecule has 0 spiro atoms. The predicted molar refractivity (Wildman–Crippen MR) is 134 cm³/mol. The van der Waals surface area contributed by atoms with Crippen molar-refractivity contribution in [2.75, 3.05) is 0 Å². The Balaban J connectivity index is 1.63. The Hall–Kier alpha value is -1.20. The van der Waals surface area contributed by atoms with E-state index in [0.29, 0.717) is 25.2 Å². The van der Waals surface area contributed by atoms with Gasteiger partial charge in [0.1, 0.15) is 11.7 Å². The number of carbonyl (C=O) groups excluding carboxylic acids is 1. The molecule has 0 heterocycles. The van der Waals surface area contributed by atoms with Gasteiger partial charge in [-0.1, -0.05) is 53.2 Å². The van der Waals surface area contributed by atoms with Gasteiger partial charge in [0.15, 0.2) is 0 Å². The molecule has 5 nitrogen and oxygen atoms in total. The van der Waals surface area contributed by atoms with E-state index in [-0.39, 0.29) is 33.5 Å². The monoisotopic (exact) mass is 486 g/mol. The summed E-state index contributed by atoms with van der Waals surface area (Å²) in [5, 5.41) is 33.0. The van der Waals surface area contributed by atoms with Gasteiger partial charge < -0.3 is 20.1 Å². The van der Waals surface area contributed by atoms with E-state index in [4.69, 9.17) is 0 Å². The Labute approximate surface area is 210 Å². The topological polar surface area (TPSA) is 94.8 Å². The number of carboxylic acid groups (broad SMARTS) is 1. The summed E-state index contributed by atoms with van der Waals surface area (Å²) < 4.78 is 0. The zero-order chi connectivity index (χ0) is 25.8. The summed E-state index contributed by atoms with van der Waals surface area (Å²) in [6, 6.07) is 0. The van der Waals surface area contributed by atoms with Crippen LogP contribution in [0.5, 0.6) is 0 Å². The highest BCUT2D eigenvalue weighted by Gasteiger charge is 2.71. The Morgan fingerprint density at radius 2 is 1.60 bits per heavy atom. The van der Waals surface area contributed by atoms with Crippen molar-refractivity contribution in [1.29, 1.82) is 0 Å². The van der Waals surface area contributed by atoms with Crippen molar-refractivity contribution in [1.82, 2.24) is 0 Å². The third-order valence-corrected chi connectivity index (χ3v) is 13.0. The minimum atomic E-state index is -1.09. The number of hydrogen-bond donors (Lipinski definition) is 3. The van der Waals surface area contributed by atoms with Crippen LogP contribution in [0.1, 0.15) is 99.3 Å². The van der Waals surface area contributed by atoms with Crippen LogP contribution in [0.3, 0.4) is 0 Å². The molecule has 0 aromatic carbocycles. The number of allylic oxidation sites excluding steroid dienone is 2. The number of hydrogen-bond acceptors (Lipinski definition) is 4. The number of carbonyl (C=O) groups is 2. The molecule has 196 valence electrons. The van der Waals surface area contributed by atoms with Gasteiger partial charge in [0.25, 0.3) is 0 Å². The fraction of sp³-hybridized carbons (Fsp3) is 0.867. The number of aldehydes is 1. The van der Waals surface area contributed by atoms with Crippen LogP contribution < -0.4 is 0 Å². The van der Waals surface area contributed by atoms with Crippen LogP contribution in [-0.4, -0.2) is 39.8 Å². The van der Waals surface area contributed by atoms with Gasteiger partial charge in [0.2, 0.25) is 0 Å². The standard InChI is InChI=1S/C30H46O5/c1-25(2)13-14-30(24(34)35)19(15-25)18-7-8-21-26(3)11-10-22(32)27(4,17-31)20(26)9-12-28(21,5)29(18,6)16-23(30)33/h7,17,19-23,32-33H,8-16H2,1-6H3,(H,34,35)/t19?,20?,21?,22-,23?,26?,27?,28?,29?,30+/m0/s1. The second-order valence-electron chi connectivity index (χ2n) is 14.8. The van der Waals surface area contributed by atoms with Gasteiger partial charge in [0, 0.05) is 0 Å². The first-order valence-electron chi connectivity index (χ1n) is 13.9. The highest BCUT2D eigenvalue weighted by atomic mass is 16.4. The number of rotatable bonds is 2. The van der Waals surface area contributed by atoms with E-state index >= 15 is 0 Å². The summed E-state index contributed by atoms with van der Waals surface area (Å²) in [5.41, 5.74) is -0.934. The fourth-order valence-electron chi connectivity index (χ4n) is 10.6. The van der Waals surface area contributed by atoms with Crippen LogP contribution in [0.15, 0.2) is 11.6 Å². The van der Waals surface area contributed by atoms with E-state index in [0.717, 1.165) is 44.8 Å². The van der Waals surface area contributed by atoms with Crippen molar-refractivity contribution in [3.8, 4) is 0 Å². The zero-order valence-electron chi connectivity index (χ0n) is 22.6. The number of carboxylic acids is 1. The van der Waals surface area contributed by atoms with Crippen molar-refractivity contribution >= 4 is 12.3 Å². The summed E-state index contributed by atoms with van der Waals surface area (Å²) >= 11 is 0. The largest absolute Gasteiger partial charge is 0.481 e. The molecule has 0 radical (unpaired) electrons. The maximum atomic E-state index is 12.8. The summed E-state index contributed by atoms with van der Waals surface area (Å²) in [6.45, 7) is 13.5. The second-order valence-corrected chi connectivity index (χ2v) is 14.8. The van der Waals surface area contributed by atoms with E-state index in [1.54, 1.807) is 0 Å². The van der Waals surface area contributed by atoms with Crippen LogP contribution in [0.2, 0.25) is 0 Å². The lowest BCUT2D eigenvalue weighted by Gasteiger charge is -2.71. The quantitative estimate of drug-likeness (QED) is 0.360. The van der Waals surface area contributed by atoms with Crippen molar-refractivity contribution < 1.29 is 24.9 Å². The van der Waals surface area contributed by atoms with Gasteiger partial charge >= 0.3 is 5.97 Å². The lowest BCUT2D eigenvalue weighted by molar-refractivity contribution is -0.217. The van der Waals surface area contributed by atoms with Crippen molar-refractivity contribution in [3.63, 3.8) is 0 Å². The maximum Gasteiger partial charge on any atom is 0.312 e. The molecule has 0 bridgehead atoms. The highest BCUT2D eigenvalue weighted by Crippen LogP contribution is 2.75. The molecule has 0 aromatic heterocycles. The molecule has 5 rings (SSSR count). The average Bonchev–Trinajstić information content (AvgIpc) is 2.76. The molecule has 5 heteroatoms. The molecular weight excluding hydrogens is 440 g/mol. The summed E-state index contributed by atoms with van der Waals surface area (Å²) in [7, 11) is 0. The zero-order valence-corrected chi connectivity index (χ0v) is 22.6. The molecule has 8 unspecified atom stereocenters. The van der Waals surface area contributed by atoms with Crippen molar-refractivity contribution in [2.45, 2.75) is 112 Å². The Morgan fingerprint density at radius 1 is 0.914 bits per heavy atom. The first-order valence-corrected chi connectivity index (χ1v) is 13.9. The van der Waals surface area contributed by atoms with Crippen molar-refractivity contribution in [3.05, 3.63) is 11.6 Å². The molecule has 0 aliphatic heterocycles. The van der Waals surface area contributed by atoms with Crippen LogP contribution in [-0.2, 0) is 9.59 Å². The van der Waals surface area contributed by atoms with Gasteiger partial charge in [-0.2, -0.15) is 0 Å². The number of aliphatic hydroxyl groups excluding tert-OH is 2. The highest BCUT2D eigenvalue weighted by molar-refractivity contribution is 5.77. The summed E-state index contributed by atoms with van der Waals surface area (Å²) in [4.78, 5) is 25.1. The fourth-order valence-corrected chi connectivity index (χ4v) is 10.6. The third kappa shape index (κ3) is 2.94. The SMILES string of the molecule is CC1(C)CC[C@]2(C(=O)O)C(O)CC3(C)C(=CCC4C5(C)CC[C@H](O)C(C)(C=O)C5CCC43C)C2C1. The second kappa shape index (κ2) is 7.43. The third-order valence-electron chi connectivity index (χ3n) is 13.0. The summed E-state index contributed by atoms with van der Waals surface area (Å²) in [6.07, 6.45) is 8.83. The van der Waals surface area contributed by atoms with Gasteiger partial charge in [-0.05, 0) is 97.2 Å². The van der Waals surface area contributed by atoms with Crippen molar-refractivity contribution in [2.24, 2.45) is 50.2 Å². The van der Waals surface area contributed by atoms with Gasteiger partial charge in [-0.25, -0.2) is 0 Å². The van der Waals surface area contributed by atoms with E-state index in [1.807, 2.05) is 6.92 Å². The molecule has 3 N–H and O–H groups in total. The smallest absolute Gasteiger partial charge is 0.312 e. The Morgan fingerprint density at radius 3 is 2.23 bits per heavy atom. The van der Waals surface area contributed by atoms with Gasteiger partial charge in [0.05, 0.1) is 17.6 Å². The van der Waals surface area contributed by atoms with E-state index in [2.05, 4.69) is 40.7 Å². The van der Waals surface area contributed by atoms with Crippen LogP contribution >= 0.6 is 0 Å². The lowest BCUT2D eigenvalue weighted by atomic mass is 9.33. The number of aliphatic hydroxyl groups is 2. The molecule has 4 saturated carbocycles. The predicted octanol–water partition coefficient (Wildman–Crippen LogP) is 5.38. The normalized spacial score (nSPS) is 54.9. The van der Waals surface area contributed by atoms with Crippen LogP contribution in [0.4, 0.5) is 0 Å². The molecule has 35 heavy (non-hydrogen) atoms. The minimum absolute atomic E-state index is 0.0507. The van der Waals surface area contributed by atoms with E-state index in [9.17, 15) is 24.9 Å². The molecule has 0 saturated heterocycles. The van der Waals surface area contributed by atoms with Gasteiger partial charge in [-0.15, -0.1) is 0 Å². The lowest BCUT2D eigenvalue weighted by Crippen LogP contribution is -2.67. The number of aliphatic carboxylic acids is 1. The molecule has 0 amide bonds.